The van der Waals surface area contributed by atoms with Crippen molar-refractivity contribution in [2.75, 3.05) is 17.7 Å². The van der Waals surface area contributed by atoms with Crippen LogP contribution in [-0.4, -0.2) is 17.9 Å². The van der Waals surface area contributed by atoms with Crippen LogP contribution >= 0.6 is 0 Å². The normalized spacial score (nSPS) is 20.4. The summed E-state index contributed by atoms with van der Waals surface area (Å²) in [6.07, 6.45) is 3.02. The standard InChI is InChI=1S/C25H23N3O2/c1-30-18-11-9-16(10-12-18)17-14-22-24(23(29)15-17)25(21-8-4-5-13-26-21)28-20-7-3-2-6-19(20)27-22/h2-13,17,25,27-28H,14-15H2,1H3/t17-,25-/m0/s1. The molecule has 5 nitrogen and oxygen atoms in total. The molecule has 3 aromatic rings. The molecule has 2 N–H and O–H groups in total. The van der Waals surface area contributed by atoms with Gasteiger partial charge in [0.25, 0.3) is 0 Å². The highest BCUT2D eigenvalue weighted by molar-refractivity contribution is 6.01. The Labute approximate surface area is 175 Å². The van der Waals surface area contributed by atoms with Gasteiger partial charge in [-0.1, -0.05) is 30.3 Å². The van der Waals surface area contributed by atoms with Gasteiger partial charge in [0, 0.05) is 23.9 Å². The third-order valence-corrected chi connectivity index (χ3v) is 5.88. The van der Waals surface area contributed by atoms with Crippen LogP contribution in [0.15, 0.2) is 84.2 Å². The number of hydrogen-bond donors (Lipinski definition) is 2. The zero-order chi connectivity index (χ0) is 20.5. The Balaban J connectivity index is 1.57. The second-order valence-corrected chi connectivity index (χ2v) is 7.70. The molecule has 0 unspecified atom stereocenters. The molecular formula is C25H23N3O2. The predicted molar refractivity (Wildman–Crippen MR) is 118 cm³/mol. The summed E-state index contributed by atoms with van der Waals surface area (Å²) in [7, 11) is 1.66. The first-order chi connectivity index (χ1) is 14.7. The number of ether oxygens (including phenoxy) is 1. The predicted octanol–water partition coefficient (Wildman–Crippen LogP) is 5.07. The Kier molecular flexibility index (Phi) is 4.71. The van der Waals surface area contributed by atoms with Crippen LogP contribution in [0.4, 0.5) is 11.4 Å². The number of carbonyl (C=O) groups excluding carboxylic acids is 1. The maximum atomic E-state index is 13.4. The van der Waals surface area contributed by atoms with E-state index >= 15 is 0 Å². The highest BCUT2D eigenvalue weighted by atomic mass is 16.5. The molecule has 2 heterocycles. The Morgan fingerprint density at radius 3 is 2.43 bits per heavy atom. The number of hydrogen-bond acceptors (Lipinski definition) is 5. The number of rotatable bonds is 3. The van der Waals surface area contributed by atoms with E-state index in [0.717, 1.165) is 46.1 Å². The smallest absolute Gasteiger partial charge is 0.163 e. The first-order valence-electron chi connectivity index (χ1n) is 10.2. The topological polar surface area (TPSA) is 63.2 Å². The maximum Gasteiger partial charge on any atom is 0.163 e. The minimum Gasteiger partial charge on any atom is -0.497 e. The number of nitrogens with zero attached hydrogens (tertiary/aromatic N) is 1. The van der Waals surface area contributed by atoms with Crippen molar-refractivity contribution in [3.05, 3.63) is 95.5 Å². The van der Waals surface area contributed by atoms with Crippen LogP contribution in [0.2, 0.25) is 0 Å². The van der Waals surface area contributed by atoms with Crippen molar-refractivity contribution in [2.45, 2.75) is 24.8 Å². The van der Waals surface area contributed by atoms with Gasteiger partial charge in [-0.25, -0.2) is 0 Å². The van der Waals surface area contributed by atoms with E-state index in [9.17, 15) is 4.79 Å². The average Bonchev–Trinajstić information content (AvgIpc) is 2.96. The van der Waals surface area contributed by atoms with Crippen molar-refractivity contribution >= 4 is 17.2 Å². The Bertz CT molecular complexity index is 1110. The van der Waals surface area contributed by atoms with Gasteiger partial charge in [-0.05, 0) is 54.3 Å². The molecule has 0 spiro atoms. The third kappa shape index (κ3) is 3.32. The summed E-state index contributed by atoms with van der Waals surface area (Å²) in [6.45, 7) is 0. The van der Waals surface area contributed by atoms with Gasteiger partial charge in [-0.15, -0.1) is 0 Å². The van der Waals surface area contributed by atoms with E-state index in [-0.39, 0.29) is 17.7 Å². The van der Waals surface area contributed by atoms with Gasteiger partial charge in [-0.2, -0.15) is 0 Å². The fourth-order valence-corrected chi connectivity index (χ4v) is 4.37. The number of para-hydroxylation sites is 2. The number of ketones is 1. The van der Waals surface area contributed by atoms with Crippen molar-refractivity contribution < 1.29 is 9.53 Å². The number of methoxy groups -OCH3 is 1. The minimum absolute atomic E-state index is 0.129. The minimum atomic E-state index is -0.276. The lowest BCUT2D eigenvalue weighted by Gasteiger charge is -2.29. The molecule has 30 heavy (non-hydrogen) atoms. The summed E-state index contributed by atoms with van der Waals surface area (Å²) >= 11 is 0. The van der Waals surface area contributed by atoms with Gasteiger partial charge in [0.2, 0.25) is 0 Å². The lowest BCUT2D eigenvalue weighted by molar-refractivity contribution is -0.116. The van der Waals surface area contributed by atoms with Crippen molar-refractivity contribution in [2.24, 2.45) is 0 Å². The van der Waals surface area contributed by atoms with Gasteiger partial charge < -0.3 is 15.4 Å². The SMILES string of the molecule is COc1ccc([C@@H]2CC(=O)C3=C(C2)Nc2ccccc2N[C@H]3c2ccccn2)cc1. The summed E-state index contributed by atoms with van der Waals surface area (Å²) < 4.78 is 5.28. The van der Waals surface area contributed by atoms with Crippen LogP contribution in [0, 0.1) is 0 Å². The summed E-state index contributed by atoms with van der Waals surface area (Å²) in [6, 6.07) is 21.6. The molecule has 1 aliphatic heterocycles. The molecule has 2 atom stereocenters. The van der Waals surface area contributed by atoms with Crippen LogP contribution < -0.4 is 15.4 Å². The molecule has 5 rings (SSSR count). The quantitative estimate of drug-likeness (QED) is 0.646. The van der Waals surface area contributed by atoms with Crippen LogP contribution in [0.25, 0.3) is 0 Å². The maximum absolute atomic E-state index is 13.4. The van der Waals surface area contributed by atoms with E-state index in [0.29, 0.717) is 6.42 Å². The van der Waals surface area contributed by atoms with Crippen LogP contribution in [0.1, 0.15) is 36.1 Å². The Hall–Kier alpha value is -3.60. The first kappa shape index (κ1) is 18.4. The number of pyridine rings is 1. The monoisotopic (exact) mass is 397 g/mol. The molecule has 0 radical (unpaired) electrons. The fourth-order valence-electron chi connectivity index (χ4n) is 4.37. The van der Waals surface area contributed by atoms with E-state index in [1.807, 2.05) is 54.6 Å². The molecular weight excluding hydrogens is 374 g/mol. The Morgan fingerprint density at radius 1 is 0.933 bits per heavy atom. The van der Waals surface area contributed by atoms with E-state index < -0.39 is 0 Å². The van der Waals surface area contributed by atoms with Crippen LogP contribution in [0.3, 0.4) is 0 Å². The Morgan fingerprint density at radius 2 is 1.70 bits per heavy atom. The molecule has 2 aliphatic rings. The van der Waals surface area contributed by atoms with Gasteiger partial charge in [-0.3, -0.25) is 9.78 Å². The molecule has 0 amide bonds. The molecule has 1 aromatic heterocycles. The third-order valence-electron chi connectivity index (χ3n) is 5.88. The zero-order valence-electron chi connectivity index (χ0n) is 16.8. The van der Waals surface area contributed by atoms with Gasteiger partial charge in [0.1, 0.15) is 5.75 Å². The number of anilines is 2. The molecule has 150 valence electrons. The molecule has 0 saturated carbocycles. The largest absolute Gasteiger partial charge is 0.497 e. The summed E-state index contributed by atoms with van der Waals surface area (Å²) in [5, 5.41) is 7.11. The average molecular weight is 397 g/mol. The van der Waals surface area contributed by atoms with Gasteiger partial charge in [0.15, 0.2) is 5.78 Å². The number of carbonyl (C=O) groups is 1. The summed E-state index contributed by atoms with van der Waals surface area (Å²) in [5.74, 6) is 1.10. The van der Waals surface area contributed by atoms with Crippen molar-refractivity contribution in [3.8, 4) is 5.75 Å². The lowest BCUT2D eigenvalue weighted by atomic mass is 9.79. The molecule has 2 aromatic carbocycles. The van der Waals surface area contributed by atoms with Crippen molar-refractivity contribution in [3.63, 3.8) is 0 Å². The highest BCUT2D eigenvalue weighted by Crippen LogP contribution is 2.43. The van der Waals surface area contributed by atoms with Gasteiger partial charge >= 0.3 is 0 Å². The van der Waals surface area contributed by atoms with Crippen LogP contribution in [0.5, 0.6) is 5.75 Å². The van der Waals surface area contributed by atoms with Crippen molar-refractivity contribution in [1.82, 2.24) is 4.98 Å². The lowest BCUT2D eigenvalue weighted by Crippen LogP contribution is -2.27. The van der Waals surface area contributed by atoms with E-state index in [2.05, 4.69) is 27.8 Å². The number of benzene rings is 2. The fraction of sp³-hybridized carbons (Fsp3) is 0.200. The number of Topliss-reactive ketones (excluding diaryl/α,β-unsaturated/α-hetero) is 1. The summed E-state index contributed by atoms with van der Waals surface area (Å²) in [5.41, 5.74) is 5.70. The summed E-state index contributed by atoms with van der Waals surface area (Å²) in [4.78, 5) is 18.0. The van der Waals surface area contributed by atoms with Gasteiger partial charge in [0.05, 0.1) is 30.2 Å². The van der Waals surface area contributed by atoms with E-state index in [4.69, 9.17) is 4.74 Å². The second-order valence-electron chi connectivity index (χ2n) is 7.70. The molecule has 0 saturated heterocycles. The van der Waals surface area contributed by atoms with Crippen molar-refractivity contribution in [1.29, 1.82) is 0 Å². The van der Waals surface area contributed by atoms with E-state index in [1.165, 1.54) is 0 Å². The first-order valence-corrected chi connectivity index (χ1v) is 10.2. The van der Waals surface area contributed by atoms with Crippen LogP contribution in [-0.2, 0) is 4.79 Å². The highest BCUT2D eigenvalue weighted by Gasteiger charge is 2.36. The molecule has 0 fully saturated rings. The number of aromatic nitrogens is 1. The molecule has 1 aliphatic carbocycles. The molecule has 5 heteroatoms. The molecule has 0 bridgehead atoms. The zero-order valence-corrected chi connectivity index (χ0v) is 16.8. The number of nitrogens with one attached hydrogen (secondary N) is 2. The second kappa shape index (κ2) is 7.67. The van der Waals surface area contributed by atoms with E-state index in [1.54, 1.807) is 13.3 Å². The number of allylic oxidation sites excluding steroid dienone is 1. The number of fused-ring (bicyclic) bond motifs is 1.